The van der Waals surface area contributed by atoms with Gasteiger partial charge in [0.1, 0.15) is 5.82 Å². The average Bonchev–Trinajstić information content (AvgIpc) is 2.67. The number of nitrogens with one attached hydrogen (secondary N) is 1. The number of nitrogens with zero attached hydrogens (tertiary/aromatic N) is 4. The first kappa shape index (κ1) is 21.4. The fourth-order valence-electron chi connectivity index (χ4n) is 3.25. The summed E-state index contributed by atoms with van der Waals surface area (Å²) in [4.78, 5) is 13.1. The van der Waals surface area contributed by atoms with E-state index in [-0.39, 0.29) is 29.8 Å². The van der Waals surface area contributed by atoms with Gasteiger partial charge in [-0.15, -0.1) is 24.0 Å². The SMILES string of the molecule is CN=C(NCCc1ccncc1C)N1CCN(c2ccc(F)cc2)CC1.I. The second-order valence-corrected chi connectivity index (χ2v) is 6.48. The van der Waals surface area contributed by atoms with Crippen LogP contribution in [-0.2, 0) is 6.42 Å². The number of aliphatic imine (C=N–C) groups is 1. The maximum Gasteiger partial charge on any atom is 0.193 e. The first-order valence-electron chi connectivity index (χ1n) is 9.03. The van der Waals surface area contributed by atoms with Crippen molar-refractivity contribution in [1.29, 1.82) is 0 Å². The van der Waals surface area contributed by atoms with Gasteiger partial charge >= 0.3 is 0 Å². The van der Waals surface area contributed by atoms with Crippen molar-refractivity contribution in [1.82, 2.24) is 15.2 Å². The van der Waals surface area contributed by atoms with Crippen LogP contribution >= 0.6 is 24.0 Å². The van der Waals surface area contributed by atoms with Crippen LogP contribution in [0.4, 0.5) is 10.1 Å². The van der Waals surface area contributed by atoms with E-state index in [0.717, 1.165) is 50.8 Å². The molecule has 0 radical (unpaired) electrons. The van der Waals surface area contributed by atoms with E-state index >= 15 is 0 Å². The van der Waals surface area contributed by atoms with E-state index in [0.29, 0.717) is 0 Å². The Balaban J connectivity index is 0.00000261. The highest BCUT2D eigenvalue weighted by Crippen LogP contribution is 2.17. The van der Waals surface area contributed by atoms with Crippen molar-refractivity contribution < 1.29 is 4.39 Å². The van der Waals surface area contributed by atoms with Crippen molar-refractivity contribution in [2.75, 3.05) is 44.7 Å². The monoisotopic (exact) mass is 483 g/mol. The lowest BCUT2D eigenvalue weighted by molar-refractivity contribution is 0.373. The lowest BCUT2D eigenvalue weighted by Gasteiger charge is -2.37. The lowest BCUT2D eigenvalue weighted by atomic mass is 10.1. The maximum atomic E-state index is 13.1. The summed E-state index contributed by atoms with van der Waals surface area (Å²) in [6, 6.07) is 8.79. The molecule has 1 aromatic heterocycles. The molecular weight excluding hydrogens is 456 g/mol. The number of piperazine rings is 1. The standard InChI is InChI=1S/C20H26FN5.HI/c1-16-15-23-9-7-17(16)8-10-24-20(22-2)26-13-11-25(12-14-26)19-5-3-18(21)4-6-19;/h3-7,9,15H,8,10-14H2,1-2H3,(H,22,24);1H. The molecule has 2 heterocycles. The highest BCUT2D eigenvalue weighted by molar-refractivity contribution is 14.0. The van der Waals surface area contributed by atoms with Crippen LogP contribution in [0.2, 0.25) is 0 Å². The van der Waals surface area contributed by atoms with E-state index in [1.807, 2.05) is 31.6 Å². The quantitative estimate of drug-likeness (QED) is 0.413. The molecule has 0 saturated carbocycles. The van der Waals surface area contributed by atoms with Gasteiger partial charge in [0, 0.05) is 57.9 Å². The summed E-state index contributed by atoms with van der Waals surface area (Å²) in [7, 11) is 1.83. The number of pyridine rings is 1. The molecule has 1 aliphatic heterocycles. The molecule has 27 heavy (non-hydrogen) atoms. The van der Waals surface area contributed by atoms with Crippen LogP contribution in [-0.4, -0.2) is 55.6 Å². The fourth-order valence-corrected chi connectivity index (χ4v) is 3.25. The number of rotatable bonds is 4. The van der Waals surface area contributed by atoms with E-state index < -0.39 is 0 Å². The number of aromatic nitrogens is 1. The Morgan fingerprint density at radius 3 is 2.48 bits per heavy atom. The smallest absolute Gasteiger partial charge is 0.193 e. The molecule has 1 N–H and O–H groups in total. The summed E-state index contributed by atoms with van der Waals surface area (Å²) < 4.78 is 13.1. The Morgan fingerprint density at radius 1 is 1.15 bits per heavy atom. The zero-order valence-corrected chi connectivity index (χ0v) is 18.2. The molecule has 3 rings (SSSR count). The maximum absolute atomic E-state index is 13.1. The van der Waals surface area contributed by atoms with Crippen LogP contribution in [0.3, 0.4) is 0 Å². The van der Waals surface area contributed by atoms with Crippen LogP contribution in [0.15, 0.2) is 47.7 Å². The number of hydrogen-bond donors (Lipinski definition) is 1. The highest BCUT2D eigenvalue weighted by atomic mass is 127. The lowest BCUT2D eigenvalue weighted by Crippen LogP contribution is -2.52. The molecule has 0 aliphatic carbocycles. The molecule has 1 saturated heterocycles. The second kappa shape index (κ2) is 10.4. The van der Waals surface area contributed by atoms with Gasteiger partial charge in [0.2, 0.25) is 0 Å². The third-order valence-electron chi connectivity index (χ3n) is 4.80. The third kappa shape index (κ3) is 5.79. The zero-order valence-electron chi connectivity index (χ0n) is 15.9. The minimum atomic E-state index is -0.193. The topological polar surface area (TPSA) is 43.8 Å². The number of hydrogen-bond acceptors (Lipinski definition) is 3. The molecule has 146 valence electrons. The summed E-state index contributed by atoms with van der Waals surface area (Å²) in [5, 5.41) is 3.46. The van der Waals surface area contributed by atoms with Crippen molar-refractivity contribution in [3.63, 3.8) is 0 Å². The largest absolute Gasteiger partial charge is 0.368 e. The molecule has 0 bridgehead atoms. The van der Waals surface area contributed by atoms with Gasteiger partial charge in [-0.1, -0.05) is 0 Å². The molecule has 0 unspecified atom stereocenters. The van der Waals surface area contributed by atoms with Gasteiger partial charge in [-0.25, -0.2) is 4.39 Å². The van der Waals surface area contributed by atoms with Crippen LogP contribution in [0.25, 0.3) is 0 Å². The number of aryl methyl sites for hydroxylation is 1. The molecule has 1 fully saturated rings. The van der Waals surface area contributed by atoms with E-state index in [9.17, 15) is 4.39 Å². The minimum Gasteiger partial charge on any atom is -0.368 e. The van der Waals surface area contributed by atoms with E-state index in [1.54, 1.807) is 0 Å². The minimum absolute atomic E-state index is 0. The number of anilines is 1. The Morgan fingerprint density at radius 2 is 1.85 bits per heavy atom. The van der Waals surface area contributed by atoms with Crippen LogP contribution in [0.1, 0.15) is 11.1 Å². The first-order chi connectivity index (χ1) is 12.7. The summed E-state index contributed by atoms with van der Waals surface area (Å²) in [5.74, 6) is 0.747. The van der Waals surface area contributed by atoms with Crippen molar-refractivity contribution in [3.05, 3.63) is 59.7 Å². The molecule has 7 heteroatoms. The van der Waals surface area contributed by atoms with Crippen LogP contribution in [0.5, 0.6) is 0 Å². The Bertz CT molecular complexity index is 742. The van der Waals surface area contributed by atoms with Gasteiger partial charge in [0.15, 0.2) is 5.96 Å². The highest BCUT2D eigenvalue weighted by Gasteiger charge is 2.19. The van der Waals surface area contributed by atoms with Gasteiger partial charge < -0.3 is 15.1 Å². The van der Waals surface area contributed by atoms with Gasteiger partial charge in [-0.05, 0) is 54.8 Å². The van der Waals surface area contributed by atoms with Crippen molar-refractivity contribution in [3.8, 4) is 0 Å². The predicted molar refractivity (Wildman–Crippen MR) is 120 cm³/mol. The second-order valence-electron chi connectivity index (χ2n) is 6.48. The average molecular weight is 483 g/mol. The molecule has 0 atom stereocenters. The Labute approximate surface area is 177 Å². The summed E-state index contributed by atoms with van der Waals surface area (Å²) in [5.41, 5.74) is 3.60. The fraction of sp³-hybridized carbons (Fsp3) is 0.400. The Hall–Kier alpha value is -1.90. The zero-order chi connectivity index (χ0) is 18.4. The molecular formula is C20H27FIN5. The van der Waals surface area contributed by atoms with Crippen molar-refractivity contribution in [2.24, 2.45) is 4.99 Å². The molecule has 0 spiro atoms. The number of halogens is 2. The molecule has 1 aliphatic rings. The van der Waals surface area contributed by atoms with Gasteiger partial charge in [0.05, 0.1) is 0 Å². The van der Waals surface area contributed by atoms with E-state index in [2.05, 4.69) is 38.1 Å². The van der Waals surface area contributed by atoms with Gasteiger partial charge in [-0.2, -0.15) is 0 Å². The summed E-state index contributed by atoms with van der Waals surface area (Å²) in [6.07, 6.45) is 4.69. The van der Waals surface area contributed by atoms with Crippen molar-refractivity contribution >= 4 is 35.6 Å². The van der Waals surface area contributed by atoms with Gasteiger partial charge in [0.25, 0.3) is 0 Å². The Kier molecular flexibility index (Phi) is 8.27. The van der Waals surface area contributed by atoms with Crippen molar-refractivity contribution in [2.45, 2.75) is 13.3 Å². The first-order valence-corrected chi connectivity index (χ1v) is 9.03. The van der Waals surface area contributed by atoms with Gasteiger partial charge in [-0.3, -0.25) is 9.98 Å². The molecule has 5 nitrogen and oxygen atoms in total. The molecule has 2 aromatic rings. The van der Waals surface area contributed by atoms with E-state index in [1.165, 1.54) is 23.3 Å². The van der Waals surface area contributed by atoms with Crippen LogP contribution in [0, 0.1) is 12.7 Å². The number of guanidine groups is 1. The van der Waals surface area contributed by atoms with Crippen LogP contribution < -0.4 is 10.2 Å². The molecule has 0 amide bonds. The number of benzene rings is 1. The predicted octanol–water partition coefficient (Wildman–Crippen LogP) is 3.09. The third-order valence-corrected chi connectivity index (χ3v) is 4.80. The molecule has 1 aromatic carbocycles. The summed E-state index contributed by atoms with van der Waals surface area (Å²) in [6.45, 7) is 6.52. The summed E-state index contributed by atoms with van der Waals surface area (Å²) >= 11 is 0. The normalized spacial score (nSPS) is 14.7. The van der Waals surface area contributed by atoms with E-state index in [4.69, 9.17) is 0 Å².